The van der Waals surface area contributed by atoms with Crippen molar-refractivity contribution in [3.8, 4) is 15.8 Å². The van der Waals surface area contributed by atoms with Gasteiger partial charge in [-0.1, -0.05) is 12.1 Å². The molecule has 0 saturated carbocycles. The van der Waals surface area contributed by atoms with Gasteiger partial charge in [0.15, 0.2) is 10.0 Å². The summed E-state index contributed by atoms with van der Waals surface area (Å²) in [5.41, 5.74) is 2.03. The standard InChI is InChI=1S/C16H12N2OS2/c1-2-19-10-7-8-12-14(9-10)21-16(18-12)15-17-11-5-3-4-6-13(11)20-15/h3-9H,2H2,1H3. The third-order valence-electron chi connectivity index (χ3n) is 3.15. The van der Waals surface area contributed by atoms with Gasteiger partial charge in [0.25, 0.3) is 0 Å². The number of thiazole rings is 2. The number of nitrogens with zero attached hydrogens (tertiary/aromatic N) is 2. The van der Waals surface area contributed by atoms with Gasteiger partial charge in [-0.05, 0) is 37.3 Å². The molecular weight excluding hydrogens is 300 g/mol. The summed E-state index contributed by atoms with van der Waals surface area (Å²) >= 11 is 3.35. The molecule has 0 atom stereocenters. The molecule has 2 aromatic heterocycles. The Morgan fingerprint density at radius 1 is 0.905 bits per heavy atom. The molecular formula is C16H12N2OS2. The summed E-state index contributed by atoms with van der Waals surface area (Å²) in [6.07, 6.45) is 0. The molecule has 0 aliphatic rings. The number of hydrogen-bond acceptors (Lipinski definition) is 5. The highest BCUT2D eigenvalue weighted by Gasteiger charge is 2.11. The predicted octanol–water partition coefficient (Wildman–Crippen LogP) is 4.97. The van der Waals surface area contributed by atoms with E-state index in [-0.39, 0.29) is 0 Å². The third kappa shape index (κ3) is 2.28. The minimum absolute atomic E-state index is 0.676. The summed E-state index contributed by atoms with van der Waals surface area (Å²) in [4.78, 5) is 9.36. The van der Waals surface area contributed by atoms with E-state index in [1.807, 2.05) is 43.3 Å². The van der Waals surface area contributed by atoms with Crippen LogP contribution in [0.4, 0.5) is 0 Å². The first kappa shape index (κ1) is 12.7. The van der Waals surface area contributed by atoms with E-state index >= 15 is 0 Å². The Hall–Kier alpha value is -1.98. The van der Waals surface area contributed by atoms with Gasteiger partial charge in [-0.3, -0.25) is 0 Å². The Bertz CT molecular complexity index is 893. The highest BCUT2D eigenvalue weighted by Crippen LogP contribution is 2.36. The van der Waals surface area contributed by atoms with Gasteiger partial charge in [0, 0.05) is 0 Å². The van der Waals surface area contributed by atoms with E-state index < -0.39 is 0 Å². The van der Waals surface area contributed by atoms with E-state index in [4.69, 9.17) is 9.72 Å². The number of aromatic nitrogens is 2. The van der Waals surface area contributed by atoms with Gasteiger partial charge >= 0.3 is 0 Å². The fraction of sp³-hybridized carbons (Fsp3) is 0.125. The smallest absolute Gasteiger partial charge is 0.153 e. The minimum atomic E-state index is 0.676. The highest BCUT2D eigenvalue weighted by molar-refractivity contribution is 7.27. The molecule has 21 heavy (non-hydrogen) atoms. The SMILES string of the molecule is CCOc1ccc2nc(-c3nc4ccccc4s3)sc2c1. The van der Waals surface area contributed by atoms with Crippen LogP contribution in [0.1, 0.15) is 6.92 Å². The topological polar surface area (TPSA) is 35.0 Å². The van der Waals surface area contributed by atoms with Crippen LogP contribution in [0.25, 0.3) is 30.4 Å². The van der Waals surface area contributed by atoms with Gasteiger partial charge in [0.05, 0.1) is 27.0 Å². The van der Waals surface area contributed by atoms with Gasteiger partial charge in [-0.2, -0.15) is 0 Å². The summed E-state index contributed by atoms with van der Waals surface area (Å²) in [5.74, 6) is 0.893. The van der Waals surface area contributed by atoms with Crippen LogP contribution in [0.5, 0.6) is 5.75 Å². The first-order valence-corrected chi connectivity index (χ1v) is 8.36. The highest BCUT2D eigenvalue weighted by atomic mass is 32.1. The lowest BCUT2D eigenvalue weighted by Gasteiger charge is -2.00. The number of ether oxygens (including phenoxy) is 1. The van der Waals surface area contributed by atoms with Crippen molar-refractivity contribution in [2.45, 2.75) is 6.92 Å². The maximum absolute atomic E-state index is 5.54. The van der Waals surface area contributed by atoms with Crippen LogP contribution < -0.4 is 4.74 Å². The van der Waals surface area contributed by atoms with Crippen molar-refractivity contribution in [3.05, 3.63) is 42.5 Å². The average molecular weight is 312 g/mol. The molecule has 4 rings (SSSR count). The zero-order valence-electron chi connectivity index (χ0n) is 11.4. The first-order chi connectivity index (χ1) is 10.3. The Kier molecular flexibility index (Phi) is 3.09. The monoisotopic (exact) mass is 312 g/mol. The lowest BCUT2D eigenvalue weighted by molar-refractivity contribution is 0.341. The quantitative estimate of drug-likeness (QED) is 0.535. The largest absolute Gasteiger partial charge is 0.494 e. The summed E-state index contributed by atoms with van der Waals surface area (Å²) in [5, 5.41) is 1.95. The van der Waals surface area contributed by atoms with Crippen molar-refractivity contribution < 1.29 is 4.74 Å². The van der Waals surface area contributed by atoms with Crippen molar-refractivity contribution in [2.24, 2.45) is 0 Å². The molecule has 0 unspecified atom stereocenters. The molecule has 0 saturated heterocycles. The van der Waals surface area contributed by atoms with E-state index in [0.717, 1.165) is 31.5 Å². The second kappa shape index (κ2) is 5.09. The zero-order chi connectivity index (χ0) is 14.2. The van der Waals surface area contributed by atoms with Gasteiger partial charge in [-0.15, -0.1) is 22.7 Å². The van der Waals surface area contributed by atoms with E-state index in [1.54, 1.807) is 22.7 Å². The summed E-state index contributed by atoms with van der Waals surface area (Å²) in [6, 6.07) is 14.2. The number of rotatable bonds is 3. The Labute approximate surface area is 129 Å². The summed E-state index contributed by atoms with van der Waals surface area (Å²) in [6.45, 7) is 2.67. The fourth-order valence-electron chi connectivity index (χ4n) is 2.22. The molecule has 0 aliphatic heterocycles. The van der Waals surface area contributed by atoms with Crippen LogP contribution in [0.15, 0.2) is 42.5 Å². The van der Waals surface area contributed by atoms with E-state index in [2.05, 4.69) is 11.1 Å². The lowest BCUT2D eigenvalue weighted by atomic mass is 10.3. The van der Waals surface area contributed by atoms with Crippen LogP contribution in [0.2, 0.25) is 0 Å². The number of hydrogen-bond donors (Lipinski definition) is 0. The molecule has 0 N–H and O–H groups in total. The van der Waals surface area contributed by atoms with E-state index in [9.17, 15) is 0 Å². The first-order valence-electron chi connectivity index (χ1n) is 6.73. The zero-order valence-corrected chi connectivity index (χ0v) is 13.0. The molecule has 4 aromatic rings. The fourth-order valence-corrected chi connectivity index (χ4v) is 4.20. The van der Waals surface area contributed by atoms with Gasteiger partial charge in [0.1, 0.15) is 5.75 Å². The third-order valence-corrected chi connectivity index (χ3v) is 5.34. The number of para-hydroxylation sites is 1. The molecule has 0 bridgehead atoms. The van der Waals surface area contributed by atoms with Crippen molar-refractivity contribution in [1.82, 2.24) is 9.97 Å². The molecule has 0 fully saturated rings. The van der Waals surface area contributed by atoms with Crippen molar-refractivity contribution in [1.29, 1.82) is 0 Å². The Morgan fingerprint density at radius 2 is 1.62 bits per heavy atom. The van der Waals surface area contributed by atoms with Crippen LogP contribution in [-0.4, -0.2) is 16.6 Å². The van der Waals surface area contributed by atoms with Crippen molar-refractivity contribution in [3.63, 3.8) is 0 Å². The molecule has 5 heteroatoms. The number of fused-ring (bicyclic) bond motifs is 2. The molecule has 2 heterocycles. The predicted molar refractivity (Wildman–Crippen MR) is 89.4 cm³/mol. The van der Waals surface area contributed by atoms with Crippen LogP contribution >= 0.6 is 22.7 Å². The van der Waals surface area contributed by atoms with Crippen molar-refractivity contribution in [2.75, 3.05) is 6.61 Å². The maximum atomic E-state index is 5.54. The Morgan fingerprint density at radius 3 is 2.38 bits per heavy atom. The van der Waals surface area contributed by atoms with E-state index in [1.165, 1.54) is 4.70 Å². The van der Waals surface area contributed by atoms with Crippen LogP contribution in [-0.2, 0) is 0 Å². The summed E-state index contributed by atoms with van der Waals surface area (Å²) < 4.78 is 7.87. The minimum Gasteiger partial charge on any atom is -0.494 e. The molecule has 0 spiro atoms. The molecule has 0 radical (unpaired) electrons. The average Bonchev–Trinajstić information content (AvgIpc) is 3.10. The van der Waals surface area contributed by atoms with Crippen LogP contribution in [0, 0.1) is 0 Å². The molecule has 0 amide bonds. The maximum Gasteiger partial charge on any atom is 0.153 e. The molecule has 3 nitrogen and oxygen atoms in total. The summed E-state index contributed by atoms with van der Waals surface area (Å²) in [7, 11) is 0. The lowest BCUT2D eigenvalue weighted by Crippen LogP contribution is -1.89. The normalized spacial score (nSPS) is 11.3. The number of benzene rings is 2. The van der Waals surface area contributed by atoms with Gasteiger partial charge in [0.2, 0.25) is 0 Å². The van der Waals surface area contributed by atoms with E-state index in [0.29, 0.717) is 6.61 Å². The van der Waals surface area contributed by atoms with Gasteiger partial charge in [-0.25, -0.2) is 9.97 Å². The molecule has 2 aromatic carbocycles. The Balaban J connectivity index is 1.82. The van der Waals surface area contributed by atoms with Gasteiger partial charge < -0.3 is 4.74 Å². The second-order valence-corrected chi connectivity index (χ2v) is 6.63. The second-order valence-electron chi connectivity index (χ2n) is 4.57. The molecule has 0 aliphatic carbocycles. The molecule has 104 valence electrons. The van der Waals surface area contributed by atoms with Crippen molar-refractivity contribution >= 4 is 43.1 Å². The van der Waals surface area contributed by atoms with Crippen LogP contribution in [0.3, 0.4) is 0 Å².